The van der Waals surface area contributed by atoms with E-state index in [1.54, 1.807) is 12.3 Å². The van der Waals surface area contributed by atoms with Crippen LogP contribution in [0.3, 0.4) is 0 Å². The standard InChI is InChI=1S/C11H11N3O3/c15-11-10-7(4-12-6-13-10)3-9(14-11)17-8-1-2-16-5-8/h3-4,6,8H,1-2,5H2,(H,14,15)/t8-/m0/s1. The maximum atomic E-state index is 11.7. The first-order valence-electron chi connectivity index (χ1n) is 5.40. The van der Waals surface area contributed by atoms with Crippen LogP contribution in [0.25, 0.3) is 10.9 Å². The summed E-state index contributed by atoms with van der Waals surface area (Å²) < 4.78 is 10.8. The number of hydrogen-bond donors (Lipinski definition) is 1. The molecule has 6 nitrogen and oxygen atoms in total. The van der Waals surface area contributed by atoms with Crippen molar-refractivity contribution in [2.75, 3.05) is 13.2 Å². The first-order chi connectivity index (χ1) is 8.33. The Balaban J connectivity index is 1.97. The molecule has 0 saturated carbocycles. The number of aromatic amines is 1. The molecule has 0 bridgehead atoms. The molecule has 6 heteroatoms. The van der Waals surface area contributed by atoms with Crippen LogP contribution in [0.5, 0.6) is 5.88 Å². The minimum Gasteiger partial charge on any atom is -0.473 e. The Morgan fingerprint density at radius 2 is 2.47 bits per heavy atom. The maximum Gasteiger partial charge on any atom is 0.277 e. The van der Waals surface area contributed by atoms with E-state index >= 15 is 0 Å². The molecule has 0 unspecified atom stereocenters. The van der Waals surface area contributed by atoms with Gasteiger partial charge in [0, 0.05) is 24.1 Å². The second kappa shape index (κ2) is 4.14. The summed E-state index contributed by atoms with van der Waals surface area (Å²) >= 11 is 0. The number of fused-ring (bicyclic) bond motifs is 1. The molecule has 0 spiro atoms. The van der Waals surface area contributed by atoms with E-state index in [2.05, 4.69) is 15.0 Å². The highest BCUT2D eigenvalue weighted by atomic mass is 16.5. The summed E-state index contributed by atoms with van der Waals surface area (Å²) in [6.07, 6.45) is 3.79. The lowest BCUT2D eigenvalue weighted by atomic mass is 10.3. The van der Waals surface area contributed by atoms with Crippen molar-refractivity contribution in [3.63, 3.8) is 0 Å². The fourth-order valence-electron chi connectivity index (χ4n) is 1.83. The van der Waals surface area contributed by atoms with E-state index in [-0.39, 0.29) is 11.7 Å². The normalized spacial score (nSPS) is 19.6. The third kappa shape index (κ3) is 1.99. The van der Waals surface area contributed by atoms with E-state index in [1.807, 2.05) is 0 Å². The van der Waals surface area contributed by atoms with Gasteiger partial charge in [-0.25, -0.2) is 9.97 Å². The fraction of sp³-hybridized carbons (Fsp3) is 0.364. The van der Waals surface area contributed by atoms with Gasteiger partial charge in [-0.3, -0.25) is 9.78 Å². The molecule has 88 valence electrons. The molecule has 17 heavy (non-hydrogen) atoms. The number of hydrogen-bond acceptors (Lipinski definition) is 5. The van der Waals surface area contributed by atoms with Crippen LogP contribution in [0.2, 0.25) is 0 Å². The molecule has 3 rings (SSSR count). The van der Waals surface area contributed by atoms with Crippen molar-refractivity contribution in [3.8, 4) is 5.88 Å². The van der Waals surface area contributed by atoms with Crippen LogP contribution in [0.1, 0.15) is 6.42 Å². The van der Waals surface area contributed by atoms with Gasteiger partial charge in [0.15, 0.2) is 5.88 Å². The predicted octanol–water partition coefficient (Wildman–Crippen LogP) is 0.486. The van der Waals surface area contributed by atoms with Crippen LogP contribution < -0.4 is 10.3 Å². The van der Waals surface area contributed by atoms with Crippen molar-refractivity contribution in [3.05, 3.63) is 28.9 Å². The fourth-order valence-corrected chi connectivity index (χ4v) is 1.83. The van der Waals surface area contributed by atoms with Crippen LogP contribution >= 0.6 is 0 Å². The van der Waals surface area contributed by atoms with E-state index in [0.717, 1.165) is 6.42 Å². The Morgan fingerprint density at radius 3 is 3.29 bits per heavy atom. The maximum absolute atomic E-state index is 11.7. The van der Waals surface area contributed by atoms with Crippen LogP contribution in [-0.2, 0) is 4.74 Å². The second-order valence-electron chi connectivity index (χ2n) is 3.89. The van der Waals surface area contributed by atoms with Crippen LogP contribution in [0, 0.1) is 0 Å². The summed E-state index contributed by atoms with van der Waals surface area (Å²) in [6, 6.07) is 1.73. The van der Waals surface area contributed by atoms with Crippen molar-refractivity contribution in [1.82, 2.24) is 15.0 Å². The minimum atomic E-state index is -0.265. The van der Waals surface area contributed by atoms with Gasteiger partial charge in [0.25, 0.3) is 5.56 Å². The molecule has 1 aliphatic heterocycles. The highest BCUT2D eigenvalue weighted by Crippen LogP contribution is 2.16. The van der Waals surface area contributed by atoms with Gasteiger partial charge >= 0.3 is 0 Å². The van der Waals surface area contributed by atoms with E-state index < -0.39 is 0 Å². The number of nitrogens with zero attached hydrogens (tertiary/aromatic N) is 2. The Labute approximate surface area is 96.6 Å². The van der Waals surface area contributed by atoms with Gasteiger partial charge in [-0.1, -0.05) is 0 Å². The molecule has 0 amide bonds. The topological polar surface area (TPSA) is 77.1 Å². The lowest BCUT2D eigenvalue weighted by Gasteiger charge is -2.11. The lowest BCUT2D eigenvalue weighted by molar-refractivity contribution is 0.138. The second-order valence-corrected chi connectivity index (χ2v) is 3.89. The van der Waals surface area contributed by atoms with Crippen LogP contribution in [0.4, 0.5) is 0 Å². The van der Waals surface area contributed by atoms with Crippen LogP contribution in [0.15, 0.2) is 23.4 Å². The summed E-state index contributed by atoms with van der Waals surface area (Å²) in [5.74, 6) is 0.438. The van der Waals surface area contributed by atoms with E-state index in [1.165, 1.54) is 6.33 Å². The van der Waals surface area contributed by atoms with Gasteiger partial charge in [0.1, 0.15) is 17.9 Å². The number of nitrogens with one attached hydrogen (secondary N) is 1. The average molecular weight is 233 g/mol. The zero-order valence-electron chi connectivity index (χ0n) is 9.05. The molecule has 1 fully saturated rings. The van der Waals surface area contributed by atoms with Crippen molar-refractivity contribution < 1.29 is 9.47 Å². The number of ether oxygens (including phenoxy) is 2. The van der Waals surface area contributed by atoms with Gasteiger partial charge in [-0.15, -0.1) is 0 Å². The van der Waals surface area contributed by atoms with E-state index in [4.69, 9.17) is 9.47 Å². The third-order valence-corrected chi connectivity index (χ3v) is 2.66. The SMILES string of the molecule is O=c1[nH]c(O[C@H]2CCOC2)cc2cncnc12. The quantitative estimate of drug-likeness (QED) is 0.816. The molecule has 0 aromatic carbocycles. The molecule has 0 aliphatic carbocycles. The number of rotatable bonds is 2. The Hall–Kier alpha value is -1.95. The number of H-pyrrole nitrogens is 1. The average Bonchev–Trinajstić information content (AvgIpc) is 2.82. The van der Waals surface area contributed by atoms with Gasteiger partial charge < -0.3 is 9.47 Å². The molecule has 1 N–H and O–H groups in total. The Kier molecular flexibility index (Phi) is 2.49. The van der Waals surface area contributed by atoms with Gasteiger partial charge in [-0.2, -0.15) is 0 Å². The summed E-state index contributed by atoms with van der Waals surface area (Å²) in [4.78, 5) is 22.2. The van der Waals surface area contributed by atoms with E-state index in [9.17, 15) is 4.79 Å². The predicted molar refractivity (Wildman–Crippen MR) is 60.0 cm³/mol. The molecule has 3 heterocycles. The minimum absolute atomic E-state index is 0.00716. The molecular weight excluding hydrogens is 222 g/mol. The van der Waals surface area contributed by atoms with Crippen molar-refractivity contribution in [2.24, 2.45) is 0 Å². The van der Waals surface area contributed by atoms with Gasteiger partial charge in [0.05, 0.1) is 13.2 Å². The van der Waals surface area contributed by atoms with Crippen molar-refractivity contribution in [2.45, 2.75) is 12.5 Å². The number of aromatic nitrogens is 3. The smallest absolute Gasteiger partial charge is 0.277 e. The largest absolute Gasteiger partial charge is 0.473 e. The molecule has 1 aliphatic rings. The lowest BCUT2D eigenvalue weighted by Crippen LogP contribution is -2.19. The Morgan fingerprint density at radius 1 is 1.53 bits per heavy atom. The summed E-state index contributed by atoms with van der Waals surface area (Å²) in [5, 5.41) is 0.671. The first kappa shape index (κ1) is 10.2. The van der Waals surface area contributed by atoms with Gasteiger partial charge in [0.2, 0.25) is 0 Å². The summed E-state index contributed by atoms with van der Waals surface area (Å²) in [7, 11) is 0. The first-order valence-corrected chi connectivity index (χ1v) is 5.40. The van der Waals surface area contributed by atoms with Crippen molar-refractivity contribution in [1.29, 1.82) is 0 Å². The third-order valence-electron chi connectivity index (χ3n) is 2.66. The van der Waals surface area contributed by atoms with Crippen LogP contribution in [-0.4, -0.2) is 34.3 Å². The summed E-state index contributed by atoms with van der Waals surface area (Å²) in [5.41, 5.74) is 0.105. The molecule has 1 atom stereocenters. The van der Waals surface area contributed by atoms with Gasteiger partial charge in [-0.05, 0) is 0 Å². The van der Waals surface area contributed by atoms with E-state index in [0.29, 0.717) is 30.0 Å². The highest BCUT2D eigenvalue weighted by molar-refractivity contribution is 5.77. The molecule has 0 radical (unpaired) electrons. The van der Waals surface area contributed by atoms with Crippen molar-refractivity contribution >= 4 is 10.9 Å². The monoisotopic (exact) mass is 233 g/mol. The molecule has 2 aromatic rings. The zero-order chi connectivity index (χ0) is 11.7. The summed E-state index contributed by atoms with van der Waals surface area (Å²) in [6.45, 7) is 1.26. The highest BCUT2D eigenvalue weighted by Gasteiger charge is 2.17. The zero-order valence-corrected chi connectivity index (χ0v) is 9.05. The molecule has 1 saturated heterocycles. The Bertz CT molecular complexity index is 590. The number of pyridine rings is 1. The molecular formula is C11H11N3O3. The molecule has 2 aromatic heterocycles.